The van der Waals surface area contributed by atoms with Gasteiger partial charge in [-0.1, -0.05) is 54.9 Å². The summed E-state index contributed by atoms with van der Waals surface area (Å²) in [6.07, 6.45) is 0.968. The number of benzene rings is 3. The maximum atomic E-state index is 6.57. The van der Waals surface area contributed by atoms with Crippen molar-refractivity contribution in [3.05, 3.63) is 76.6 Å². The summed E-state index contributed by atoms with van der Waals surface area (Å²) in [4.78, 5) is 8.38. The van der Waals surface area contributed by atoms with Crippen LogP contribution in [-0.2, 0) is 0 Å². The van der Waals surface area contributed by atoms with E-state index in [4.69, 9.17) is 26.1 Å². The average molecular weight is 479 g/mol. The number of methoxy groups -OCH3 is 2. The summed E-state index contributed by atoms with van der Waals surface area (Å²) >= 11 is 8.23. The van der Waals surface area contributed by atoms with E-state index in [-0.39, 0.29) is 0 Å². The Balaban J connectivity index is 1.79. The van der Waals surface area contributed by atoms with E-state index in [0.29, 0.717) is 5.02 Å². The number of hydrogen-bond acceptors (Lipinski definition) is 5. The second kappa shape index (κ2) is 10.3. The van der Waals surface area contributed by atoms with Crippen molar-refractivity contribution in [1.82, 2.24) is 4.98 Å². The van der Waals surface area contributed by atoms with Crippen LogP contribution in [0.15, 0.2) is 66.7 Å². The number of hydrogen-bond donors (Lipinski definition) is 0. The summed E-state index contributed by atoms with van der Waals surface area (Å²) in [5, 5.41) is 1.54. The first-order valence-corrected chi connectivity index (χ1v) is 12.1. The summed E-state index contributed by atoms with van der Waals surface area (Å²) in [6.45, 7) is 5.07. The van der Waals surface area contributed by atoms with Gasteiger partial charge < -0.3 is 14.4 Å². The molecule has 170 valence electrons. The molecule has 4 aromatic rings. The molecule has 4 nitrogen and oxygen atoms in total. The van der Waals surface area contributed by atoms with Gasteiger partial charge in [-0.15, -0.1) is 11.3 Å². The summed E-state index contributed by atoms with van der Waals surface area (Å²) in [7, 11) is 3.35. The molecule has 1 heterocycles. The van der Waals surface area contributed by atoms with Crippen molar-refractivity contribution in [3.8, 4) is 33.9 Å². The first-order chi connectivity index (χ1) is 16.0. The summed E-state index contributed by atoms with van der Waals surface area (Å²) in [5.74, 6) is 1.55. The molecule has 0 saturated heterocycles. The fourth-order valence-electron chi connectivity index (χ4n) is 3.82. The van der Waals surface area contributed by atoms with Crippen molar-refractivity contribution in [2.45, 2.75) is 20.3 Å². The molecule has 0 unspecified atom stereocenters. The van der Waals surface area contributed by atoms with Gasteiger partial charge in [0.15, 0.2) is 5.13 Å². The van der Waals surface area contributed by atoms with Crippen molar-refractivity contribution in [2.24, 2.45) is 0 Å². The second-order valence-electron chi connectivity index (χ2n) is 7.65. The third-order valence-electron chi connectivity index (χ3n) is 5.47. The first kappa shape index (κ1) is 23.1. The Morgan fingerprint density at radius 2 is 1.73 bits per heavy atom. The summed E-state index contributed by atoms with van der Waals surface area (Å²) in [6, 6.07) is 22.4. The average Bonchev–Trinajstić information content (AvgIpc) is 3.23. The normalized spacial score (nSPS) is 10.8. The van der Waals surface area contributed by atoms with E-state index in [1.54, 1.807) is 25.6 Å². The predicted molar refractivity (Wildman–Crippen MR) is 140 cm³/mol. The Morgan fingerprint density at radius 3 is 2.39 bits per heavy atom. The molecule has 1 aromatic heterocycles. The van der Waals surface area contributed by atoms with Crippen LogP contribution in [0.1, 0.15) is 18.2 Å². The number of halogens is 1. The number of aryl methyl sites for hydroxylation is 1. The lowest BCUT2D eigenvalue weighted by atomic mass is 10.0. The number of thiazole rings is 1. The molecule has 4 rings (SSSR count). The molecular formula is C27H27ClN2O2S. The van der Waals surface area contributed by atoms with Crippen LogP contribution in [0, 0.1) is 6.92 Å². The van der Waals surface area contributed by atoms with Crippen LogP contribution in [0.3, 0.4) is 0 Å². The van der Waals surface area contributed by atoms with Crippen LogP contribution in [0.4, 0.5) is 10.8 Å². The van der Waals surface area contributed by atoms with E-state index in [1.165, 1.54) is 5.56 Å². The molecule has 33 heavy (non-hydrogen) atoms. The number of anilines is 2. The minimum absolute atomic E-state index is 0.625. The van der Waals surface area contributed by atoms with Gasteiger partial charge >= 0.3 is 0 Å². The Labute approximate surface area is 204 Å². The van der Waals surface area contributed by atoms with E-state index in [2.05, 4.69) is 55.1 Å². The highest BCUT2D eigenvalue weighted by Crippen LogP contribution is 2.42. The topological polar surface area (TPSA) is 34.6 Å². The lowest BCUT2D eigenvalue weighted by Gasteiger charge is -2.24. The van der Waals surface area contributed by atoms with Crippen LogP contribution in [0.5, 0.6) is 11.5 Å². The van der Waals surface area contributed by atoms with Crippen molar-refractivity contribution in [3.63, 3.8) is 0 Å². The zero-order chi connectivity index (χ0) is 23.4. The number of aromatic nitrogens is 1. The molecule has 6 heteroatoms. The smallest absolute Gasteiger partial charge is 0.190 e. The third-order valence-corrected chi connectivity index (χ3v) is 6.78. The molecule has 0 saturated carbocycles. The fourth-order valence-corrected chi connectivity index (χ4v) is 5.04. The number of rotatable bonds is 8. The van der Waals surface area contributed by atoms with Gasteiger partial charge in [-0.25, -0.2) is 4.98 Å². The molecule has 0 radical (unpaired) electrons. The van der Waals surface area contributed by atoms with E-state index in [1.807, 2.05) is 30.3 Å². The molecule has 0 spiro atoms. The van der Waals surface area contributed by atoms with Gasteiger partial charge in [-0.05, 0) is 54.8 Å². The van der Waals surface area contributed by atoms with Crippen LogP contribution in [0.2, 0.25) is 5.02 Å². The van der Waals surface area contributed by atoms with Gasteiger partial charge in [-0.3, -0.25) is 0 Å². The van der Waals surface area contributed by atoms with Crippen molar-refractivity contribution in [2.75, 3.05) is 25.7 Å². The molecule has 0 bridgehead atoms. The van der Waals surface area contributed by atoms with E-state index in [9.17, 15) is 0 Å². The fraction of sp³-hybridized carbons (Fsp3) is 0.222. The maximum Gasteiger partial charge on any atom is 0.190 e. The zero-order valence-corrected chi connectivity index (χ0v) is 20.8. The second-order valence-corrected chi connectivity index (χ2v) is 9.24. The molecule has 0 atom stereocenters. The van der Waals surface area contributed by atoms with Crippen LogP contribution in [-0.4, -0.2) is 25.7 Å². The lowest BCUT2D eigenvalue weighted by Crippen LogP contribution is -2.18. The van der Waals surface area contributed by atoms with Crippen molar-refractivity contribution in [1.29, 1.82) is 0 Å². The van der Waals surface area contributed by atoms with E-state index < -0.39 is 0 Å². The maximum absolute atomic E-state index is 6.57. The molecule has 0 fully saturated rings. The van der Waals surface area contributed by atoms with Crippen LogP contribution < -0.4 is 14.4 Å². The highest BCUT2D eigenvalue weighted by atomic mass is 35.5. The highest BCUT2D eigenvalue weighted by Gasteiger charge is 2.21. The highest BCUT2D eigenvalue weighted by molar-refractivity contribution is 7.16. The quantitative estimate of drug-likeness (QED) is 0.257. The van der Waals surface area contributed by atoms with Crippen LogP contribution >= 0.6 is 22.9 Å². The van der Waals surface area contributed by atoms with Gasteiger partial charge in [0.25, 0.3) is 0 Å². The largest absolute Gasteiger partial charge is 0.497 e. The zero-order valence-electron chi connectivity index (χ0n) is 19.3. The van der Waals surface area contributed by atoms with Crippen molar-refractivity contribution >= 4 is 33.8 Å². The Bertz CT molecular complexity index is 1240. The molecule has 0 amide bonds. The van der Waals surface area contributed by atoms with Gasteiger partial charge in [-0.2, -0.15) is 0 Å². The van der Waals surface area contributed by atoms with Gasteiger partial charge in [0.05, 0.1) is 30.6 Å². The van der Waals surface area contributed by atoms with Crippen molar-refractivity contribution < 1.29 is 9.47 Å². The summed E-state index contributed by atoms with van der Waals surface area (Å²) < 4.78 is 11.0. The SMILES string of the molecule is CCCN(c1nc(-c2ccc(OC)cc2Cl)c(C)s1)c1cc(-c2ccccc2)ccc1OC. The minimum atomic E-state index is 0.625. The lowest BCUT2D eigenvalue weighted by molar-refractivity contribution is 0.415. The van der Waals surface area contributed by atoms with Gasteiger partial charge in [0.1, 0.15) is 11.5 Å². The van der Waals surface area contributed by atoms with E-state index >= 15 is 0 Å². The standard InChI is InChI=1S/C27H27ClN2O2S/c1-5-15-30(24-16-20(11-14-25(24)32-4)19-9-7-6-8-10-19)27-29-26(18(2)33-27)22-13-12-21(31-3)17-23(22)28/h6-14,16-17H,5,15H2,1-4H3. The van der Waals surface area contributed by atoms with Gasteiger partial charge in [0.2, 0.25) is 0 Å². The Morgan fingerprint density at radius 1 is 0.939 bits per heavy atom. The van der Waals surface area contributed by atoms with Gasteiger partial charge in [0, 0.05) is 17.0 Å². The van der Waals surface area contributed by atoms with E-state index in [0.717, 1.165) is 57.0 Å². The number of ether oxygens (including phenoxy) is 2. The molecule has 0 aliphatic heterocycles. The first-order valence-electron chi connectivity index (χ1n) is 10.9. The van der Waals surface area contributed by atoms with Crippen LogP contribution in [0.25, 0.3) is 22.4 Å². The molecule has 0 N–H and O–H groups in total. The number of nitrogens with zero attached hydrogens (tertiary/aromatic N) is 2. The monoisotopic (exact) mass is 478 g/mol. The molecule has 0 aliphatic carbocycles. The summed E-state index contributed by atoms with van der Waals surface area (Å²) in [5.41, 5.74) is 5.10. The Kier molecular flexibility index (Phi) is 7.21. The third kappa shape index (κ3) is 4.85. The predicted octanol–water partition coefficient (Wildman–Crippen LogP) is 8.00. The molecular weight excluding hydrogens is 452 g/mol. The molecule has 3 aromatic carbocycles. The minimum Gasteiger partial charge on any atom is -0.497 e. The molecule has 0 aliphatic rings. The Hall–Kier alpha value is -3.02.